The summed E-state index contributed by atoms with van der Waals surface area (Å²) in [6, 6.07) is 10.5. The second-order valence-electron chi connectivity index (χ2n) is 5.94. The monoisotopic (exact) mass is 447 g/mol. The maximum Gasteiger partial charge on any atom is 0.313 e. The third-order valence-electron chi connectivity index (χ3n) is 4.03. The van der Waals surface area contributed by atoms with Gasteiger partial charge in [0.05, 0.1) is 22.7 Å². The van der Waals surface area contributed by atoms with Crippen molar-refractivity contribution in [3.05, 3.63) is 52.2 Å². The average molecular weight is 448 g/mol. The number of carboxylic acids is 1. The Morgan fingerprint density at radius 2 is 2.18 bits per heavy atom. The molecule has 144 valence electrons. The van der Waals surface area contributed by atoms with E-state index >= 15 is 0 Å². The van der Waals surface area contributed by atoms with E-state index in [4.69, 9.17) is 5.11 Å². The maximum absolute atomic E-state index is 10.7. The Bertz CT molecular complexity index is 1090. The number of thioether (sulfide) groups is 1. The quantitative estimate of drug-likeness (QED) is 0.332. The molecule has 28 heavy (non-hydrogen) atoms. The summed E-state index contributed by atoms with van der Waals surface area (Å²) in [4.78, 5) is 21.0. The highest BCUT2D eigenvalue weighted by Gasteiger charge is 2.14. The van der Waals surface area contributed by atoms with Gasteiger partial charge in [0.15, 0.2) is 0 Å². The number of hydrogen-bond acceptors (Lipinski definition) is 7. The molecule has 9 heteroatoms. The van der Waals surface area contributed by atoms with Crippen LogP contribution < -0.4 is 4.31 Å². The van der Waals surface area contributed by atoms with E-state index in [0.717, 1.165) is 32.2 Å². The van der Waals surface area contributed by atoms with Crippen molar-refractivity contribution in [1.29, 1.82) is 0 Å². The van der Waals surface area contributed by atoms with Crippen molar-refractivity contribution in [2.45, 2.75) is 10.6 Å². The topological polar surface area (TPSA) is 69.2 Å². The van der Waals surface area contributed by atoms with Gasteiger partial charge in [-0.3, -0.25) is 4.79 Å². The first-order valence-electron chi connectivity index (χ1n) is 8.41. The zero-order chi connectivity index (χ0) is 19.5. The van der Waals surface area contributed by atoms with Crippen LogP contribution in [0.25, 0.3) is 21.6 Å². The van der Waals surface area contributed by atoms with Crippen molar-refractivity contribution in [3.8, 4) is 10.7 Å². The molecule has 0 fully saturated rings. The van der Waals surface area contributed by atoms with Gasteiger partial charge in [-0.25, -0.2) is 4.98 Å². The van der Waals surface area contributed by atoms with E-state index in [1.165, 1.54) is 16.6 Å². The van der Waals surface area contributed by atoms with Gasteiger partial charge in [0.1, 0.15) is 5.01 Å². The Morgan fingerprint density at radius 3 is 2.96 bits per heavy atom. The lowest BCUT2D eigenvalue weighted by molar-refractivity contribution is -0.133. The second kappa shape index (κ2) is 8.60. The number of carboxylic acid groups (broad SMARTS) is 1. The molecule has 1 aromatic carbocycles. The van der Waals surface area contributed by atoms with Gasteiger partial charge in [-0.1, -0.05) is 12.1 Å². The zero-order valence-electron chi connectivity index (χ0n) is 14.9. The molecular formula is C19H17N3O2S4. The number of H-pyrrole nitrogens is 1. The Hall–Kier alpha value is -1.94. The van der Waals surface area contributed by atoms with Gasteiger partial charge in [0, 0.05) is 39.5 Å². The van der Waals surface area contributed by atoms with E-state index in [0.29, 0.717) is 5.75 Å². The lowest BCUT2D eigenvalue weighted by atomic mass is 10.2. The van der Waals surface area contributed by atoms with E-state index in [-0.39, 0.29) is 5.75 Å². The third-order valence-corrected chi connectivity index (χ3v) is 8.07. The van der Waals surface area contributed by atoms with E-state index < -0.39 is 5.97 Å². The van der Waals surface area contributed by atoms with Crippen molar-refractivity contribution in [1.82, 2.24) is 9.97 Å². The molecule has 5 nitrogen and oxygen atoms in total. The van der Waals surface area contributed by atoms with Crippen LogP contribution in [-0.2, 0) is 10.5 Å². The predicted molar refractivity (Wildman–Crippen MR) is 122 cm³/mol. The maximum atomic E-state index is 10.7. The smallest absolute Gasteiger partial charge is 0.313 e. The first kappa shape index (κ1) is 19.4. The number of rotatable bonds is 8. The molecule has 0 bridgehead atoms. The number of fused-ring (bicyclic) bond motifs is 1. The number of nitrogens with zero attached hydrogens (tertiary/aromatic N) is 2. The number of nitrogens with one attached hydrogen (secondary N) is 1. The normalized spacial score (nSPS) is 11.2. The van der Waals surface area contributed by atoms with Crippen LogP contribution in [0.1, 0.15) is 4.88 Å². The molecular weight excluding hydrogens is 430 g/mol. The molecule has 0 radical (unpaired) electrons. The van der Waals surface area contributed by atoms with Gasteiger partial charge in [0.25, 0.3) is 0 Å². The van der Waals surface area contributed by atoms with Crippen LogP contribution >= 0.6 is 46.4 Å². The summed E-state index contributed by atoms with van der Waals surface area (Å²) in [7, 11) is 2.05. The van der Waals surface area contributed by atoms with Crippen LogP contribution in [0.15, 0.2) is 52.2 Å². The number of thiazole rings is 1. The van der Waals surface area contributed by atoms with Gasteiger partial charge in [-0.15, -0.1) is 34.4 Å². The largest absolute Gasteiger partial charge is 0.481 e. The van der Waals surface area contributed by atoms with Crippen molar-refractivity contribution in [3.63, 3.8) is 0 Å². The Morgan fingerprint density at radius 1 is 1.29 bits per heavy atom. The molecule has 4 aromatic rings. The molecule has 0 aliphatic heterocycles. The molecule has 2 N–H and O–H groups in total. The van der Waals surface area contributed by atoms with Gasteiger partial charge in [-0.2, -0.15) is 0 Å². The molecule has 4 rings (SSSR count). The minimum absolute atomic E-state index is 0.124. The Kier molecular flexibility index (Phi) is 5.96. The highest BCUT2D eigenvalue weighted by atomic mass is 32.2. The molecule has 0 unspecified atom stereocenters. The first-order valence-corrected chi connectivity index (χ1v) is 12.1. The molecule has 3 heterocycles. The summed E-state index contributed by atoms with van der Waals surface area (Å²) in [5.41, 5.74) is 3.21. The van der Waals surface area contributed by atoms with Crippen LogP contribution in [0.4, 0.5) is 5.69 Å². The molecule has 0 amide bonds. The van der Waals surface area contributed by atoms with Crippen LogP contribution in [0, 0.1) is 0 Å². The number of aromatic nitrogens is 2. The second-order valence-corrected chi connectivity index (χ2v) is 10.00. The summed E-state index contributed by atoms with van der Waals surface area (Å²) in [6.07, 6.45) is 1.81. The third kappa shape index (κ3) is 4.22. The predicted octanol–water partition coefficient (Wildman–Crippen LogP) is 5.81. The standard InChI is InChI=1S/C19H17N3O2S4/c1-22(28-15-5-7-26-16(15)10-25-11-17(23)24)14-4-2-3-12-9-13(21-18(12)14)19-20-6-8-27-19/h2-9,21H,10-11H2,1H3,(H,23,24). The SMILES string of the molecule is CN(Sc1ccsc1CSCC(=O)O)c1cccc2cc(-c3nccs3)[nH]c12. The fraction of sp³-hybridized carbons (Fsp3) is 0.158. The number of thiophene rings is 1. The minimum atomic E-state index is -0.776. The van der Waals surface area contributed by atoms with Gasteiger partial charge >= 0.3 is 5.97 Å². The molecule has 0 atom stereocenters. The first-order chi connectivity index (χ1) is 13.6. The van der Waals surface area contributed by atoms with Crippen LogP contribution in [0.2, 0.25) is 0 Å². The van der Waals surface area contributed by atoms with Gasteiger partial charge in [-0.05, 0) is 35.5 Å². The average Bonchev–Trinajstić information content (AvgIpc) is 3.41. The summed E-state index contributed by atoms with van der Waals surface area (Å²) >= 11 is 6.37. The summed E-state index contributed by atoms with van der Waals surface area (Å²) in [6.45, 7) is 0. The zero-order valence-corrected chi connectivity index (χ0v) is 18.2. The highest BCUT2D eigenvalue weighted by Crippen LogP contribution is 2.38. The Labute approximate surface area is 178 Å². The lowest BCUT2D eigenvalue weighted by Crippen LogP contribution is -2.07. The van der Waals surface area contributed by atoms with Gasteiger partial charge in [0.2, 0.25) is 0 Å². The lowest BCUT2D eigenvalue weighted by Gasteiger charge is -2.19. The minimum Gasteiger partial charge on any atom is -0.481 e. The van der Waals surface area contributed by atoms with Crippen LogP contribution in [0.3, 0.4) is 0 Å². The molecule has 0 aliphatic carbocycles. The number of benzene rings is 1. The molecule has 3 aromatic heterocycles. The van der Waals surface area contributed by atoms with Gasteiger partial charge < -0.3 is 14.4 Å². The number of para-hydroxylation sites is 1. The van der Waals surface area contributed by atoms with E-state index in [2.05, 4.69) is 57.0 Å². The van der Waals surface area contributed by atoms with E-state index in [1.54, 1.807) is 34.6 Å². The van der Waals surface area contributed by atoms with E-state index in [9.17, 15) is 4.79 Å². The summed E-state index contributed by atoms with van der Waals surface area (Å²) in [5.74, 6) is 0.0579. The number of aliphatic carboxylic acids is 1. The van der Waals surface area contributed by atoms with Crippen molar-refractivity contribution < 1.29 is 9.90 Å². The van der Waals surface area contributed by atoms with Crippen LogP contribution in [0.5, 0.6) is 0 Å². The number of hydrogen-bond donors (Lipinski definition) is 2. The number of anilines is 1. The highest BCUT2D eigenvalue weighted by molar-refractivity contribution is 8.01. The van der Waals surface area contributed by atoms with E-state index in [1.807, 2.05) is 11.6 Å². The van der Waals surface area contributed by atoms with Crippen molar-refractivity contribution in [2.75, 3.05) is 17.1 Å². The summed E-state index contributed by atoms with van der Waals surface area (Å²) in [5, 5.41) is 15.0. The fourth-order valence-corrected chi connectivity index (χ4v) is 6.40. The Balaban J connectivity index is 1.56. The van der Waals surface area contributed by atoms with Crippen LogP contribution in [-0.4, -0.2) is 33.8 Å². The fourth-order valence-electron chi connectivity index (χ4n) is 2.82. The molecule has 0 spiro atoms. The van der Waals surface area contributed by atoms with Crippen molar-refractivity contribution >= 4 is 68.9 Å². The number of aromatic amines is 1. The molecule has 0 aliphatic rings. The van der Waals surface area contributed by atoms with Crippen molar-refractivity contribution in [2.24, 2.45) is 0 Å². The number of carbonyl (C=O) groups is 1. The molecule has 0 saturated heterocycles. The molecule has 0 saturated carbocycles. The summed E-state index contributed by atoms with van der Waals surface area (Å²) < 4.78 is 2.15.